The van der Waals surface area contributed by atoms with Gasteiger partial charge in [0.15, 0.2) is 5.65 Å². The first-order valence-electron chi connectivity index (χ1n) is 6.26. The fourth-order valence-electron chi connectivity index (χ4n) is 2.16. The molecule has 0 bridgehead atoms. The van der Waals surface area contributed by atoms with Crippen molar-refractivity contribution in [3.8, 4) is 5.75 Å². The Balaban J connectivity index is 2.61. The summed E-state index contributed by atoms with van der Waals surface area (Å²) in [6.45, 7) is 1.79. The third-order valence-electron chi connectivity index (χ3n) is 3.17. The molecule has 0 unspecified atom stereocenters. The Morgan fingerprint density at radius 3 is 2.86 bits per heavy atom. The van der Waals surface area contributed by atoms with Crippen molar-refractivity contribution in [3.63, 3.8) is 0 Å². The van der Waals surface area contributed by atoms with E-state index >= 15 is 0 Å². The van der Waals surface area contributed by atoms with E-state index in [9.17, 15) is 9.90 Å². The van der Waals surface area contributed by atoms with E-state index in [-0.39, 0.29) is 11.3 Å². The van der Waals surface area contributed by atoms with Crippen LogP contribution in [0.2, 0.25) is 0 Å². The van der Waals surface area contributed by atoms with Crippen molar-refractivity contribution in [2.75, 3.05) is 0 Å². The van der Waals surface area contributed by atoms with Gasteiger partial charge in [0.25, 0.3) is 5.91 Å². The maximum Gasteiger partial charge on any atom is 0.252 e. The first kappa shape index (κ1) is 12.9. The second-order valence-electron chi connectivity index (χ2n) is 4.57. The summed E-state index contributed by atoms with van der Waals surface area (Å²) in [6.07, 6.45) is 2.97. The number of hydrogen-bond donors (Lipinski definition) is 3. The van der Waals surface area contributed by atoms with Gasteiger partial charge < -0.3 is 15.8 Å². The quantitative estimate of drug-likeness (QED) is 0.627. The Labute approximate surface area is 119 Å². The number of rotatable bonds is 1. The number of amides is 1. The number of aryl methyl sites for hydroxylation is 1. The molecular formula is C14H13N5O2. The van der Waals surface area contributed by atoms with E-state index in [1.807, 2.05) is 0 Å². The summed E-state index contributed by atoms with van der Waals surface area (Å²) < 4.78 is 1.70. The first-order chi connectivity index (χ1) is 10.1. The molecule has 0 spiro atoms. The Morgan fingerprint density at radius 1 is 1.33 bits per heavy atom. The van der Waals surface area contributed by atoms with Crippen LogP contribution < -0.4 is 5.73 Å². The van der Waals surface area contributed by atoms with Gasteiger partial charge in [-0.1, -0.05) is 12.1 Å². The number of aromatic amines is 1. The molecule has 3 aromatic heterocycles. The molecular weight excluding hydrogens is 270 g/mol. The molecule has 0 fully saturated rings. The van der Waals surface area contributed by atoms with E-state index in [4.69, 9.17) is 5.73 Å². The number of carbonyl (C=O) groups is 1. The predicted octanol–water partition coefficient (Wildman–Crippen LogP) is 1.45. The lowest BCUT2D eigenvalue weighted by molar-refractivity contribution is 0.100. The number of carbonyl (C=O) groups excluding carboxylic acids is 1. The summed E-state index contributed by atoms with van der Waals surface area (Å²) in [5.41, 5.74) is 6.82. The number of nitrogens with zero attached hydrogens (tertiary/aromatic N) is 3. The molecule has 7 heteroatoms. The lowest BCUT2D eigenvalue weighted by Crippen LogP contribution is -2.13. The van der Waals surface area contributed by atoms with E-state index in [0.29, 0.717) is 22.4 Å². The third kappa shape index (κ3) is 2.14. The van der Waals surface area contributed by atoms with Gasteiger partial charge in [-0.25, -0.2) is 0 Å². The van der Waals surface area contributed by atoms with Crippen LogP contribution in [0, 0.1) is 6.92 Å². The molecule has 0 aliphatic heterocycles. The minimum absolute atomic E-state index is 0.0282. The summed E-state index contributed by atoms with van der Waals surface area (Å²) in [6, 6.07) is 6.72. The maximum absolute atomic E-state index is 11.7. The van der Waals surface area contributed by atoms with Crippen LogP contribution in [0.5, 0.6) is 5.75 Å². The average Bonchev–Trinajstić information content (AvgIpc) is 2.85. The van der Waals surface area contributed by atoms with Crippen LogP contribution in [0.25, 0.3) is 16.6 Å². The van der Waals surface area contributed by atoms with Crippen molar-refractivity contribution in [1.29, 1.82) is 0 Å². The smallest absolute Gasteiger partial charge is 0.252 e. The van der Waals surface area contributed by atoms with Crippen LogP contribution in [0.3, 0.4) is 0 Å². The molecule has 3 aromatic rings. The number of hydrogen-bond acceptors (Lipinski definition) is 4. The molecule has 0 saturated carbocycles. The summed E-state index contributed by atoms with van der Waals surface area (Å²) in [5, 5.41) is 18.4. The number of primary amides is 1. The number of pyridine rings is 1. The number of nitrogens with two attached hydrogens (primary N) is 1. The molecule has 3 heterocycles. The van der Waals surface area contributed by atoms with Crippen molar-refractivity contribution >= 4 is 22.5 Å². The van der Waals surface area contributed by atoms with Crippen LogP contribution in [0.1, 0.15) is 16.2 Å². The van der Waals surface area contributed by atoms with Gasteiger partial charge in [-0.05, 0) is 19.1 Å². The van der Waals surface area contributed by atoms with Gasteiger partial charge in [-0.3, -0.25) is 9.20 Å². The van der Waals surface area contributed by atoms with Gasteiger partial charge in [-0.15, -0.1) is 10.2 Å². The minimum atomic E-state index is -0.581. The zero-order chi connectivity index (χ0) is 15.0. The van der Waals surface area contributed by atoms with Crippen LogP contribution in [0.4, 0.5) is 0 Å². The standard InChI is InChI=1S/C14H13N5O2/c1-8-17-18-14-10-5-3-2-4-9(20)6-16-12(10)11(13(15)21)7-19(8)14/h2-7,16,20H,1H3,(H2,15,21). The highest BCUT2D eigenvalue weighted by Gasteiger charge is 2.13. The maximum atomic E-state index is 11.7. The summed E-state index contributed by atoms with van der Waals surface area (Å²) in [7, 11) is 0. The SMILES string of the molecule is Cc1nnc2c3ccccc(O)c[nH]c3c(C(N)=O)cn12. The monoisotopic (exact) mass is 283 g/mol. The highest BCUT2D eigenvalue weighted by Crippen LogP contribution is 2.20. The molecule has 0 radical (unpaired) electrons. The van der Waals surface area contributed by atoms with Gasteiger partial charge in [-0.2, -0.15) is 0 Å². The normalized spacial score (nSPS) is 10.7. The second kappa shape index (κ2) is 4.78. The van der Waals surface area contributed by atoms with Crippen molar-refractivity contribution < 1.29 is 9.90 Å². The van der Waals surface area contributed by atoms with Crippen LogP contribution in [-0.2, 0) is 0 Å². The number of fused-ring (bicyclic) bond motifs is 3. The topological polar surface area (TPSA) is 109 Å². The fraction of sp³-hybridized carbons (Fsp3) is 0.0714. The molecule has 0 aliphatic rings. The van der Waals surface area contributed by atoms with Crippen LogP contribution in [-0.4, -0.2) is 30.6 Å². The molecule has 0 saturated heterocycles. The molecule has 0 atom stereocenters. The summed E-state index contributed by atoms with van der Waals surface area (Å²) in [4.78, 5) is 14.6. The molecule has 7 nitrogen and oxygen atoms in total. The lowest BCUT2D eigenvalue weighted by Gasteiger charge is -2.04. The highest BCUT2D eigenvalue weighted by atomic mass is 16.3. The fourth-order valence-corrected chi connectivity index (χ4v) is 2.16. The van der Waals surface area contributed by atoms with E-state index in [0.717, 1.165) is 0 Å². The Kier molecular flexibility index (Phi) is 2.94. The molecule has 0 aromatic carbocycles. The zero-order valence-electron chi connectivity index (χ0n) is 11.2. The Bertz CT molecular complexity index is 908. The van der Waals surface area contributed by atoms with Crippen LogP contribution >= 0.6 is 0 Å². The number of nitrogens with one attached hydrogen (secondary N) is 1. The van der Waals surface area contributed by atoms with Crippen molar-refractivity contribution in [2.24, 2.45) is 5.73 Å². The Morgan fingerprint density at radius 2 is 2.10 bits per heavy atom. The third-order valence-corrected chi connectivity index (χ3v) is 3.17. The summed E-state index contributed by atoms with van der Waals surface area (Å²) >= 11 is 0. The van der Waals surface area contributed by atoms with Crippen molar-refractivity contribution in [3.05, 3.63) is 48.0 Å². The number of aromatic hydroxyl groups is 1. The van der Waals surface area contributed by atoms with E-state index in [1.165, 1.54) is 12.3 Å². The molecule has 4 N–H and O–H groups in total. The van der Waals surface area contributed by atoms with Gasteiger partial charge >= 0.3 is 0 Å². The molecule has 21 heavy (non-hydrogen) atoms. The summed E-state index contributed by atoms with van der Waals surface area (Å²) in [5.74, 6) is 0.0974. The van der Waals surface area contributed by atoms with Gasteiger partial charge in [0.2, 0.25) is 0 Å². The molecule has 106 valence electrons. The average molecular weight is 283 g/mol. The first-order valence-corrected chi connectivity index (χ1v) is 6.26. The molecule has 1 amide bonds. The van der Waals surface area contributed by atoms with Crippen molar-refractivity contribution in [1.82, 2.24) is 19.6 Å². The Hall–Kier alpha value is -3.09. The van der Waals surface area contributed by atoms with E-state index < -0.39 is 5.91 Å². The van der Waals surface area contributed by atoms with Gasteiger partial charge in [0.1, 0.15) is 11.6 Å². The highest BCUT2D eigenvalue weighted by molar-refractivity contribution is 6.07. The number of H-pyrrole nitrogens is 1. The second-order valence-corrected chi connectivity index (χ2v) is 4.57. The minimum Gasteiger partial charge on any atom is -0.506 e. The lowest BCUT2D eigenvalue weighted by atomic mass is 10.2. The van der Waals surface area contributed by atoms with E-state index in [2.05, 4.69) is 15.2 Å². The predicted molar refractivity (Wildman–Crippen MR) is 77.4 cm³/mol. The largest absolute Gasteiger partial charge is 0.506 e. The van der Waals surface area contributed by atoms with Gasteiger partial charge in [0, 0.05) is 17.8 Å². The molecule has 3 rings (SSSR count). The number of aromatic nitrogens is 4. The zero-order valence-corrected chi connectivity index (χ0v) is 11.2. The molecule has 0 aliphatic carbocycles. The van der Waals surface area contributed by atoms with Crippen LogP contribution in [0.15, 0.2) is 36.7 Å². The van der Waals surface area contributed by atoms with E-state index in [1.54, 1.807) is 35.7 Å². The van der Waals surface area contributed by atoms with Crippen molar-refractivity contribution in [2.45, 2.75) is 6.92 Å². The van der Waals surface area contributed by atoms with Gasteiger partial charge in [0.05, 0.1) is 11.1 Å².